The number of carbonyl (C=O) groups is 1. The molecule has 0 spiro atoms. The number of nitrogens with one attached hydrogen (secondary N) is 1. The van der Waals surface area contributed by atoms with Crippen LogP contribution < -0.4 is 4.74 Å². The van der Waals surface area contributed by atoms with E-state index < -0.39 is 5.97 Å². The van der Waals surface area contributed by atoms with Gasteiger partial charge in [0.2, 0.25) is 5.90 Å². The highest BCUT2D eigenvalue weighted by Crippen LogP contribution is 2.30. The second kappa shape index (κ2) is 13.4. The number of aryl methyl sites for hydroxylation is 1. The van der Waals surface area contributed by atoms with Crippen molar-refractivity contribution in [2.45, 2.75) is 38.5 Å². The molecule has 168 valence electrons. The normalized spacial score (nSPS) is 17.7. The minimum absolute atomic E-state index is 0.151. The average molecular weight is 428 g/mol. The zero-order valence-electron chi connectivity index (χ0n) is 18.1. The molecule has 0 atom stereocenters. The Labute approximate surface area is 184 Å². The van der Waals surface area contributed by atoms with E-state index >= 15 is 0 Å². The Morgan fingerprint density at radius 3 is 2.10 bits per heavy atom. The maximum Gasteiger partial charge on any atom is 0.303 e. The summed E-state index contributed by atoms with van der Waals surface area (Å²) in [5.41, 5.74) is 1.84. The van der Waals surface area contributed by atoms with Gasteiger partial charge in [-0.15, -0.1) is 0 Å². The highest BCUT2D eigenvalue weighted by Gasteiger charge is 2.22. The Balaban J connectivity index is 0.00000166. The largest absolute Gasteiger partial charge is 0.493 e. The van der Waals surface area contributed by atoms with Crippen LogP contribution in [0.4, 0.5) is 0 Å². The van der Waals surface area contributed by atoms with Gasteiger partial charge in [-0.05, 0) is 73.8 Å². The maximum atomic E-state index is 10.6. The minimum atomic E-state index is -0.775. The Bertz CT molecular complexity index is 783. The predicted octanol–water partition coefficient (Wildman–Crippen LogP) is 4.54. The molecule has 3 N–H and O–H groups in total. The van der Waals surface area contributed by atoms with Crippen LogP contribution in [-0.4, -0.2) is 42.4 Å². The van der Waals surface area contributed by atoms with Crippen LogP contribution in [0.1, 0.15) is 43.2 Å². The van der Waals surface area contributed by atoms with Crippen LogP contribution in [0, 0.1) is 17.2 Å². The predicted molar refractivity (Wildman–Crippen MR) is 121 cm³/mol. The van der Waals surface area contributed by atoms with Crippen LogP contribution >= 0.6 is 0 Å². The van der Waals surface area contributed by atoms with E-state index in [1.807, 2.05) is 54.6 Å². The van der Waals surface area contributed by atoms with Crippen LogP contribution in [-0.2, 0) is 16.0 Å². The SMILES string of the molecule is CO.N=C(OCC1CCC(COc2ccc(CCC(=O)O)cc2)CC1)c1ccccc1. The third-order valence-corrected chi connectivity index (χ3v) is 5.50. The summed E-state index contributed by atoms with van der Waals surface area (Å²) in [7, 11) is 1.00. The molecule has 2 aromatic rings. The van der Waals surface area contributed by atoms with Gasteiger partial charge in [-0.2, -0.15) is 0 Å². The van der Waals surface area contributed by atoms with Crippen LogP contribution in [0.15, 0.2) is 54.6 Å². The molecule has 0 saturated heterocycles. The first-order valence-electron chi connectivity index (χ1n) is 10.7. The lowest BCUT2D eigenvalue weighted by atomic mass is 9.83. The van der Waals surface area contributed by atoms with Gasteiger partial charge >= 0.3 is 5.97 Å². The molecule has 0 aromatic heterocycles. The number of rotatable bonds is 9. The Hall–Kier alpha value is -2.86. The molecule has 0 bridgehead atoms. The van der Waals surface area contributed by atoms with Crippen LogP contribution in [0.3, 0.4) is 0 Å². The van der Waals surface area contributed by atoms with Gasteiger partial charge in [-0.1, -0.05) is 30.3 Å². The first kappa shape index (κ1) is 24.4. The average Bonchev–Trinajstić information content (AvgIpc) is 2.83. The Kier molecular flexibility index (Phi) is 10.6. The molecule has 0 radical (unpaired) electrons. The fraction of sp³-hybridized carbons (Fsp3) is 0.440. The summed E-state index contributed by atoms with van der Waals surface area (Å²) in [5, 5.41) is 23.8. The molecule has 1 aliphatic rings. The highest BCUT2D eigenvalue weighted by molar-refractivity contribution is 5.91. The number of ether oxygens (including phenoxy) is 2. The van der Waals surface area contributed by atoms with Gasteiger partial charge in [0.1, 0.15) is 5.75 Å². The molecule has 3 rings (SSSR count). The molecule has 0 amide bonds. The van der Waals surface area contributed by atoms with Gasteiger partial charge < -0.3 is 19.7 Å². The van der Waals surface area contributed by atoms with Gasteiger partial charge in [0, 0.05) is 19.1 Å². The third kappa shape index (κ3) is 8.80. The van der Waals surface area contributed by atoms with E-state index in [0.29, 0.717) is 31.5 Å². The number of hydrogen-bond acceptors (Lipinski definition) is 5. The molecule has 1 saturated carbocycles. The topological polar surface area (TPSA) is 99.8 Å². The van der Waals surface area contributed by atoms with Gasteiger partial charge in [0.05, 0.1) is 13.2 Å². The van der Waals surface area contributed by atoms with E-state index in [2.05, 4.69) is 0 Å². The standard InChI is InChI=1S/C24H29NO4.CH4O/c25-24(21-4-2-1-3-5-21)29-17-20-8-6-19(7-9-20)16-28-22-13-10-18(11-14-22)12-15-23(26)27;1-2/h1-5,10-11,13-14,19-20,25H,6-9,12,15-17H2,(H,26,27);2H,1H3. The fourth-order valence-electron chi connectivity index (χ4n) is 3.66. The van der Waals surface area contributed by atoms with Gasteiger partial charge in [0.25, 0.3) is 0 Å². The quantitative estimate of drug-likeness (QED) is 0.403. The monoisotopic (exact) mass is 427 g/mol. The van der Waals surface area contributed by atoms with E-state index in [9.17, 15) is 4.79 Å². The molecule has 0 unspecified atom stereocenters. The van der Waals surface area contributed by atoms with Crippen LogP contribution in [0.2, 0.25) is 0 Å². The molecule has 6 nitrogen and oxygen atoms in total. The van der Waals surface area contributed by atoms with Crippen molar-refractivity contribution >= 4 is 11.9 Å². The van der Waals surface area contributed by atoms with Crippen molar-refractivity contribution in [1.82, 2.24) is 0 Å². The summed E-state index contributed by atoms with van der Waals surface area (Å²) >= 11 is 0. The van der Waals surface area contributed by atoms with Crippen LogP contribution in [0.5, 0.6) is 5.75 Å². The molecule has 1 fully saturated rings. The number of benzene rings is 2. The maximum absolute atomic E-state index is 10.6. The first-order valence-corrected chi connectivity index (χ1v) is 10.7. The van der Waals surface area contributed by atoms with Crippen molar-refractivity contribution < 1.29 is 24.5 Å². The van der Waals surface area contributed by atoms with Crippen molar-refractivity contribution in [2.75, 3.05) is 20.3 Å². The van der Waals surface area contributed by atoms with Crippen molar-refractivity contribution in [2.24, 2.45) is 11.8 Å². The number of hydrogen-bond donors (Lipinski definition) is 3. The number of aliphatic carboxylic acids is 1. The number of carboxylic acid groups (broad SMARTS) is 1. The number of aliphatic hydroxyl groups excluding tert-OH is 1. The lowest BCUT2D eigenvalue weighted by Gasteiger charge is -2.28. The van der Waals surface area contributed by atoms with Crippen molar-refractivity contribution in [3.8, 4) is 5.75 Å². The summed E-state index contributed by atoms with van der Waals surface area (Å²) in [6.07, 6.45) is 5.13. The molecule has 2 aromatic carbocycles. The van der Waals surface area contributed by atoms with E-state index in [-0.39, 0.29) is 12.3 Å². The summed E-state index contributed by atoms with van der Waals surface area (Å²) < 4.78 is 11.6. The summed E-state index contributed by atoms with van der Waals surface area (Å²) in [6, 6.07) is 17.3. The zero-order valence-corrected chi connectivity index (χ0v) is 18.1. The molecule has 0 heterocycles. The molecular weight excluding hydrogens is 394 g/mol. The lowest BCUT2D eigenvalue weighted by molar-refractivity contribution is -0.136. The van der Waals surface area contributed by atoms with Gasteiger partial charge in [-0.3, -0.25) is 10.2 Å². The smallest absolute Gasteiger partial charge is 0.303 e. The summed E-state index contributed by atoms with van der Waals surface area (Å²) in [4.78, 5) is 10.6. The van der Waals surface area contributed by atoms with Crippen molar-refractivity contribution in [3.63, 3.8) is 0 Å². The second-order valence-electron chi connectivity index (χ2n) is 7.74. The van der Waals surface area contributed by atoms with Crippen molar-refractivity contribution in [1.29, 1.82) is 5.41 Å². The van der Waals surface area contributed by atoms with E-state index in [1.54, 1.807) is 0 Å². The Morgan fingerprint density at radius 1 is 0.935 bits per heavy atom. The van der Waals surface area contributed by atoms with Gasteiger partial charge in [-0.25, -0.2) is 0 Å². The summed E-state index contributed by atoms with van der Waals surface area (Å²) in [6.45, 7) is 1.32. The minimum Gasteiger partial charge on any atom is -0.493 e. The molecule has 0 aliphatic heterocycles. The van der Waals surface area contributed by atoms with Gasteiger partial charge in [0.15, 0.2) is 0 Å². The van der Waals surface area contributed by atoms with Crippen molar-refractivity contribution in [3.05, 3.63) is 65.7 Å². The Morgan fingerprint density at radius 2 is 1.52 bits per heavy atom. The lowest BCUT2D eigenvalue weighted by Crippen LogP contribution is -2.23. The first-order chi connectivity index (χ1) is 15.1. The molecular formula is C25H33NO5. The van der Waals surface area contributed by atoms with E-state index in [1.165, 1.54) is 0 Å². The molecule has 31 heavy (non-hydrogen) atoms. The third-order valence-electron chi connectivity index (χ3n) is 5.50. The van der Waals surface area contributed by atoms with Crippen LogP contribution in [0.25, 0.3) is 0 Å². The molecule has 6 heteroatoms. The van der Waals surface area contributed by atoms with E-state index in [0.717, 1.165) is 49.7 Å². The molecule has 1 aliphatic carbocycles. The second-order valence-corrected chi connectivity index (χ2v) is 7.74. The number of aliphatic hydroxyl groups is 1. The fourth-order valence-corrected chi connectivity index (χ4v) is 3.66. The van der Waals surface area contributed by atoms with E-state index in [4.69, 9.17) is 25.1 Å². The number of carboxylic acids is 1. The zero-order chi connectivity index (χ0) is 22.5. The summed E-state index contributed by atoms with van der Waals surface area (Å²) in [5.74, 6) is 1.37. The highest BCUT2D eigenvalue weighted by atomic mass is 16.5.